The van der Waals surface area contributed by atoms with Crippen LogP contribution >= 0.6 is 11.3 Å². The minimum Gasteiger partial charge on any atom is -0.354 e. The van der Waals surface area contributed by atoms with Crippen molar-refractivity contribution in [1.29, 1.82) is 0 Å². The maximum atomic E-state index is 14.1. The molecule has 4 rings (SSSR count). The van der Waals surface area contributed by atoms with Crippen molar-refractivity contribution in [2.24, 2.45) is 0 Å². The van der Waals surface area contributed by atoms with Gasteiger partial charge in [-0.15, -0.1) is 11.3 Å². The van der Waals surface area contributed by atoms with Gasteiger partial charge in [-0.2, -0.15) is 13.2 Å². The number of hydrogen-bond acceptors (Lipinski definition) is 5. The van der Waals surface area contributed by atoms with E-state index >= 15 is 0 Å². The van der Waals surface area contributed by atoms with E-state index in [0.717, 1.165) is 19.3 Å². The topological polar surface area (TPSA) is 62.3 Å². The number of ketones is 1. The third-order valence-electron chi connectivity index (χ3n) is 5.79. The minimum atomic E-state index is -4.77. The number of likely N-dealkylation sites (tertiary alicyclic amines) is 1. The van der Waals surface area contributed by atoms with Crippen molar-refractivity contribution in [3.63, 3.8) is 0 Å². The fraction of sp³-hybridized carbons (Fsp3) is 0.409. The van der Waals surface area contributed by atoms with Crippen molar-refractivity contribution < 1.29 is 22.8 Å². The van der Waals surface area contributed by atoms with Crippen molar-refractivity contribution in [3.8, 4) is 0 Å². The molecule has 1 atom stereocenters. The van der Waals surface area contributed by atoms with E-state index in [2.05, 4.69) is 10.3 Å². The molecular formula is C22H22F3N3O2S. The molecule has 9 heteroatoms. The van der Waals surface area contributed by atoms with Crippen LogP contribution in [-0.2, 0) is 9.59 Å². The Morgan fingerprint density at radius 2 is 1.90 bits per heavy atom. The number of fused-ring (bicyclic) bond motifs is 1. The summed E-state index contributed by atoms with van der Waals surface area (Å²) in [5, 5.41) is 4.71. The number of nitrogens with zero attached hydrogens (tertiary/aromatic N) is 2. The van der Waals surface area contributed by atoms with Gasteiger partial charge in [0, 0.05) is 41.9 Å². The van der Waals surface area contributed by atoms with Gasteiger partial charge in [-0.1, -0.05) is 6.07 Å². The standard InChI is InChI=1S/C22H22F3N3O2S/c1-12-16(13(2)29)17(15-11-31-20-14(15)7-6-8-26-20)18(19(27-12)22(23,24)25)21(30)28-9-4-3-5-10-28/h6-8,11,17,27H,3-5,9-10H2,1-2H3. The lowest BCUT2D eigenvalue weighted by atomic mass is 9.78. The van der Waals surface area contributed by atoms with E-state index < -0.39 is 29.3 Å². The summed E-state index contributed by atoms with van der Waals surface area (Å²) in [7, 11) is 0. The Labute approximate surface area is 181 Å². The Balaban J connectivity index is 1.98. The molecule has 0 bridgehead atoms. The van der Waals surface area contributed by atoms with Gasteiger partial charge in [0.1, 0.15) is 10.5 Å². The SMILES string of the molecule is CC(=O)C1=C(C)NC(C(F)(F)F)=C(C(=O)N2CCCCC2)C1c1csc2ncccc12. The maximum Gasteiger partial charge on any atom is 0.431 e. The largest absolute Gasteiger partial charge is 0.431 e. The lowest BCUT2D eigenvalue weighted by molar-refractivity contribution is -0.130. The first-order chi connectivity index (χ1) is 14.7. The van der Waals surface area contributed by atoms with Gasteiger partial charge in [0.05, 0.1) is 5.57 Å². The molecule has 4 heterocycles. The number of nitrogens with one attached hydrogen (secondary N) is 1. The van der Waals surface area contributed by atoms with Gasteiger partial charge in [0.25, 0.3) is 5.91 Å². The predicted molar refractivity (Wildman–Crippen MR) is 112 cm³/mol. The Hall–Kier alpha value is -2.68. The first-order valence-electron chi connectivity index (χ1n) is 10.1. The van der Waals surface area contributed by atoms with E-state index in [-0.39, 0.29) is 17.1 Å². The second-order valence-electron chi connectivity index (χ2n) is 7.84. The van der Waals surface area contributed by atoms with Crippen LogP contribution in [0, 0.1) is 0 Å². The number of amides is 1. The molecule has 2 aliphatic rings. The molecule has 0 saturated carbocycles. The maximum absolute atomic E-state index is 14.1. The van der Waals surface area contributed by atoms with Gasteiger partial charge in [-0.3, -0.25) is 9.59 Å². The van der Waals surface area contributed by atoms with E-state index in [1.54, 1.807) is 23.7 Å². The predicted octanol–water partition coefficient (Wildman–Crippen LogP) is 4.68. The molecule has 0 aromatic carbocycles. The van der Waals surface area contributed by atoms with Crippen LogP contribution in [0.3, 0.4) is 0 Å². The Kier molecular flexibility index (Phi) is 5.63. The minimum absolute atomic E-state index is 0.114. The van der Waals surface area contributed by atoms with Gasteiger partial charge in [0.2, 0.25) is 0 Å². The van der Waals surface area contributed by atoms with E-state index in [4.69, 9.17) is 0 Å². The monoisotopic (exact) mass is 449 g/mol. The van der Waals surface area contributed by atoms with Crippen LogP contribution in [0.25, 0.3) is 10.2 Å². The normalized spacial score (nSPS) is 20.3. The zero-order valence-electron chi connectivity index (χ0n) is 17.2. The van der Waals surface area contributed by atoms with Crippen molar-refractivity contribution in [1.82, 2.24) is 15.2 Å². The lowest BCUT2D eigenvalue weighted by Gasteiger charge is -2.36. The number of alkyl halides is 3. The highest BCUT2D eigenvalue weighted by molar-refractivity contribution is 7.16. The number of Topliss-reactive ketones (excluding diaryl/α,β-unsaturated/α-hetero) is 1. The molecule has 1 unspecified atom stereocenters. The zero-order valence-corrected chi connectivity index (χ0v) is 18.0. The van der Waals surface area contributed by atoms with Crippen molar-refractivity contribution in [2.45, 2.75) is 45.2 Å². The molecule has 0 aliphatic carbocycles. The molecule has 1 fully saturated rings. The highest BCUT2D eigenvalue weighted by Crippen LogP contribution is 2.46. The number of rotatable bonds is 3. The Morgan fingerprint density at radius 1 is 1.19 bits per heavy atom. The average Bonchev–Trinajstić information content (AvgIpc) is 3.16. The summed E-state index contributed by atoms with van der Waals surface area (Å²) in [6.07, 6.45) is -0.729. The van der Waals surface area contributed by atoms with Gasteiger partial charge in [-0.05, 0) is 50.1 Å². The molecule has 2 aromatic heterocycles. The molecule has 0 radical (unpaired) electrons. The van der Waals surface area contributed by atoms with Crippen molar-refractivity contribution in [3.05, 3.63) is 51.8 Å². The second-order valence-corrected chi connectivity index (χ2v) is 8.70. The molecule has 2 aromatic rings. The molecule has 1 amide bonds. The van der Waals surface area contributed by atoms with Crippen molar-refractivity contribution >= 4 is 33.2 Å². The third-order valence-corrected chi connectivity index (χ3v) is 6.71. The second kappa shape index (κ2) is 8.11. The number of dihydropyridines is 1. The number of pyridine rings is 1. The summed E-state index contributed by atoms with van der Waals surface area (Å²) in [5.74, 6) is -2.15. The van der Waals surface area contributed by atoms with E-state index in [0.29, 0.717) is 28.9 Å². The number of halogens is 3. The number of hydrogen-bond donors (Lipinski definition) is 1. The fourth-order valence-corrected chi connectivity index (χ4v) is 5.37. The lowest BCUT2D eigenvalue weighted by Crippen LogP contribution is -2.43. The highest BCUT2D eigenvalue weighted by atomic mass is 32.1. The molecule has 1 saturated heterocycles. The number of piperidine rings is 1. The van der Waals surface area contributed by atoms with E-state index in [9.17, 15) is 22.8 Å². The third kappa shape index (κ3) is 3.86. The van der Waals surface area contributed by atoms with Gasteiger partial charge in [0.15, 0.2) is 5.78 Å². The molecule has 31 heavy (non-hydrogen) atoms. The highest BCUT2D eigenvalue weighted by Gasteiger charge is 2.47. The molecule has 2 aliphatic heterocycles. The smallest absolute Gasteiger partial charge is 0.354 e. The van der Waals surface area contributed by atoms with Gasteiger partial charge >= 0.3 is 6.18 Å². The average molecular weight is 449 g/mol. The first kappa shape index (κ1) is 21.5. The Bertz CT molecular complexity index is 1110. The van der Waals surface area contributed by atoms with Gasteiger partial charge in [-0.25, -0.2) is 4.98 Å². The van der Waals surface area contributed by atoms with Gasteiger partial charge < -0.3 is 10.2 Å². The van der Waals surface area contributed by atoms with E-state index in [1.165, 1.54) is 30.1 Å². The number of carbonyl (C=O) groups excluding carboxylic acids is 2. The van der Waals surface area contributed by atoms with Crippen LogP contribution in [-0.4, -0.2) is 40.8 Å². The number of thiophene rings is 1. The Morgan fingerprint density at radius 3 is 2.55 bits per heavy atom. The first-order valence-corrected chi connectivity index (χ1v) is 11.0. The summed E-state index contributed by atoms with van der Waals surface area (Å²) in [5.41, 5.74) is -0.700. The van der Waals surface area contributed by atoms with Crippen LogP contribution in [0.1, 0.15) is 44.6 Å². The number of aromatic nitrogens is 1. The number of carbonyl (C=O) groups is 2. The summed E-state index contributed by atoms with van der Waals surface area (Å²) in [4.78, 5) is 32.5. The van der Waals surface area contributed by atoms with Crippen LogP contribution < -0.4 is 5.32 Å². The van der Waals surface area contributed by atoms with Crippen LogP contribution in [0.2, 0.25) is 0 Å². The summed E-state index contributed by atoms with van der Waals surface area (Å²) in [6, 6.07) is 3.46. The summed E-state index contributed by atoms with van der Waals surface area (Å²) >= 11 is 1.29. The fourth-order valence-electron chi connectivity index (χ4n) is 4.44. The molecule has 164 valence electrons. The van der Waals surface area contributed by atoms with Crippen LogP contribution in [0.4, 0.5) is 13.2 Å². The summed E-state index contributed by atoms with van der Waals surface area (Å²) in [6.45, 7) is 3.58. The molecule has 1 N–H and O–H groups in total. The van der Waals surface area contributed by atoms with Crippen LogP contribution in [0.15, 0.2) is 46.2 Å². The van der Waals surface area contributed by atoms with E-state index in [1.807, 2.05) is 0 Å². The zero-order chi connectivity index (χ0) is 22.3. The number of allylic oxidation sites excluding steroid dienone is 3. The molecular weight excluding hydrogens is 427 g/mol. The molecule has 0 spiro atoms. The quantitative estimate of drug-likeness (QED) is 0.740. The van der Waals surface area contributed by atoms with Crippen molar-refractivity contribution in [2.75, 3.05) is 13.1 Å². The summed E-state index contributed by atoms with van der Waals surface area (Å²) < 4.78 is 42.4. The van der Waals surface area contributed by atoms with Crippen LogP contribution in [0.5, 0.6) is 0 Å². The molecule has 5 nitrogen and oxygen atoms in total.